The number of aromatic amines is 1. The van der Waals surface area contributed by atoms with Gasteiger partial charge in [-0.3, -0.25) is 0 Å². The molecular formula is C6H12N2OSi. The highest BCUT2D eigenvalue weighted by molar-refractivity contribution is 5.99. The lowest BCUT2D eigenvalue weighted by atomic mass is 10.3. The van der Waals surface area contributed by atoms with E-state index in [1.165, 1.54) is 0 Å². The van der Waals surface area contributed by atoms with Crippen molar-refractivity contribution in [2.45, 2.75) is 19.8 Å². The van der Waals surface area contributed by atoms with Crippen LogP contribution in [0.4, 0.5) is 0 Å². The molecule has 1 aromatic heterocycles. The minimum Gasteiger partial charge on any atom is -0.539 e. The molecule has 0 aliphatic rings. The summed E-state index contributed by atoms with van der Waals surface area (Å²) in [5.41, 5.74) is 0. The molecule has 1 heterocycles. The van der Waals surface area contributed by atoms with E-state index in [1.807, 2.05) is 0 Å². The van der Waals surface area contributed by atoms with Gasteiger partial charge in [0.15, 0.2) is 0 Å². The normalized spacial score (nSPS) is 10.1. The van der Waals surface area contributed by atoms with E-state index in [0.717, 1.165) is 24.5 Å². The van der Waals surface area contributed by atoms with E-state index >= 15 is 0 Å². The Morgan fingerprint density at radius 2 is 2.60 bits per heavy atom. The van der Waals surface area contributed by atoms with E-state index in [-0.39, 0.29) is 0 Å². The number of nitrogens with zero attached hydrogens (tertiary/aromatic N) is 1. The maximum absolute atomic E-state index is 5.04. The van der Waals surface area contributed by atoms with Gasteiger partial charge in [-0.15, -0.1) is 0 Å². The Balaban J connectivity index is 2.59. The first-order valence-corrected chi connectivity index (χ1v) is 4.26. The van der Waals surface area contributed by atoms with E-state index in [1.54, 1.807) is 6.20 Å². The fourth-order valence-corrected chi connectivity index (χ4v) is 1.02. The lowest BCUT2D eigenvalue weighted by Crippen LogP contribution is -1.87. The highest BCUT2D eigenvalue weighted by atomic mass is 28.2. The fourth-order valence-electron chi connectivity index (χ4n) is 0.812. The second-order valence-electron chi connectivity index (χ2n) is 2.14. The maximum atomic E-state index is 5.04. The van der Waals surface area contributed by atoms with Gasteiger partial charge < -0.3 is 9.41 Å². The number of hydrogen-bond donors (Lipinski definition) is 1. The number of aryl methyl sites for hydroxylation is 1. The molecule has 4 heteroatoms. The zero-order valence-corrected chi connectivity index (χ0v) is 8.35. The van der Waals surface area contributed by atoms with Crippen LogP contribution in [0.2, 0.25) is 0 Å². The standard InChI is InChI=1S/C6H12N2OSi/c1-2-3-5-7-4-6(8-5)9-10/h4H,2-3H2,1,10H3,(H,7,8). The number of rotatable bonds is 3. The Labute approximate surface area is 63.4 Å². The third kappa shape index (κ3) is 1.60. The zero-order valence-electron chi connectivity index (χ0n) is 6.35. The van der Waals surface area contributed by atoms with Gasteiger partial charge in [0.05, 0.1) is 6.20 Å². The summed E-state index contributed by atoms with van der Waals surface area (Å²) < 4.78 is 5.04. The van der Waals surface area contributed by atoms with Crippen LogP contribution in [0.1, 0.15) is 19.2 Å². The molecule has 0 bridgehead atoms. The highest BCUT2D eigenvalue weighted by Gasteiger charge is 1.96. The van der Waals surface area contributed by atoms with E-state index in [2.05, 4.69) is 16.9 Å². The first-order chi connectivity index (χ1) is 4.86. The van der Waals surface area contributed by atoms with E-state index in [0.29, 0.717) is 10.5 Å². The Bertz CT molecular complexity index is 199. The number of imidazole rings is 1. The summed E-state index contributed by atoms with van der Waals surface area (Å²) in [7, 11) is 0.711. The van der Waals surface area contributed by atoms with Crippen molar-refractivity contribution >= 4 is 10.5 Å². The van der Waals surface area contributed by atoms with Gasteiger partial charge in [-0.2, -0.15) is 0 Å². The Kier molecular flexibility index (Phi) is 2.50. The molecule has 10 heavy (non-hydrogen) atoms. The predicted molar refractivity (Wildman–Crippen MR) is 43.1 cm³/mol. The molecule has 3 nitrogen and oxygen atoms in total. The third-order valence-corrected chi connectivity index (χ3v) is 1.72. The van der Waals surface area contributed by atoms with Crippen LogP contribution >= 0.6 is 0 Å². The van der Waals surface area contributed by atoms with Gasteiger partial charge in [0, 0.05) is 6.42 Å². The summed E-state index contributed by atoms with van der Waals surface area (Å²) >= 11 is 0. The molecule has 1 N–H and O–H groups in total. The van der Waals surface area contributed by atoms with Crippen LogP contribution in [-0.4, -0.2) is 20.5 Å². The lowest BCUT2D eigenvalue weighted by molar-refractivity contribution is 0.590. The van der Waals surface area contributed by atoms with Crippen LogP contribution in [0.25, 0.3) is 0 Å². The quantitative estimate of drug-likeness (QED) is 0.627. The second kappa shape index (κ2) is 3.41. The summed E-state index contributed by atoms with van der Waals surface area (Å²) in [6.45, 7) is 2.13. The molecule has 0 unspecified atom stereocenters. The second-order valence-corrected chi connectivity index (χ2v) is 2.55. The fraction of sp³-hybridized carbons (Fsp3) is 0.500. The van der Waals surface area contributed by atoms with Crippen LogP contribution in [-0.2, 0) is 6.42 Å². The molecule has 0 amide bonds. The zero-order chi connectivity index (χ0) is 7.40. The monoisotopic (exact) mass is 156 g/mol. The summed E-state index contributed by atoms with van der Waals surface area (Å²) in [5.74, 6) is 1.75. The predicted octanol–water partition coefficient (Wildman–Crippen LogP) is 0.0214. The molecule has 0 aliphatic carbocycles. The van der Waals surface area contributed by atoms with Crippen molar-refractivity contribution < 1.29 is 4.43 Å². The minimum atomic E-state index is 0.711. The van der Waals surface area contributed by atoms with Crippen molar-refractivity contribution in [2.24, 2.45) is 0 Å². The Morgan fingerprint density at radius 3 is 3.10 bits per heavy atom. The van der Waals surface area contributed by atoms with Gasteiger partial charge in [0.1, 0.15) is 5.82 Å². The van der Waals surface area contributed by atoms with Crippen LogP contribution in [0.15, 0.2) is 6.20 Å². The van der Waals surface area contributed by atoms with Gasteiger partial charge in [0.25, 0.3) is 0 Å². The Hall–Kier alpha value is -0.773. The molecule has 0 spiro atoms. The van der Waals surface area contributed by atoms with Gasteiger partial charge in [-0.25, -0.2) is 4.98 Å². The van der Waals surface area contributed by atoms with Crippen LogP contribution in [0.5, 0.6) is 5.88 Å². The number of aromatic nitrogens is 2. The smallest absolute Gasteiger partial charge is 0.217 e. The number of nitrogens with one attached hydrogen (secondary N) is 1. The van der Waals surface area contributed by atoms with Gasteiger partial charge in [0.2, 0.25) is 16.4 Å². The third-order valence-electron chi connectivity index (χ3n) is 1.30. The topological polar surface area (TPSA) is 37.9 Å². The van der Waals surface area contributed by atoms with Crippen LogP contribution in [0, 0.1) is 0 Å². The van der Waals surface area contributed by atoms with Crippen molar-refractivity contribution in [2.75, 3.05) is 0 Å². The first-order valence-electron chi connectivity index (χ1n) is 3.45. The summed E-state index contributed by atoms with van der Waals surface area (Å²) in [6.07, 6.45) is 3.93. The van der Waals surface area contributed by atoms with E-state index in [4.69, 9.17) is 4.43 Å². The molecule has 0 radical (unpaired) electrons. The molecule has 0 aliphatic heterocycles. The summed E-state index contributed by atoms with van der Waals surface area (Å²) in [6, 6.07) is 0. The molecule has 0 aromatic carbocycles. The SMILES string of the molecule is CCCc1nc(O[SiH3])c[nH]1. The minimum absolute atomic E-state index is 0.711. The van der Waals surface area contributed by atoms with Crippen LogP contribution in [0.3, 0.4) is 0 Å². The van der Waals surface area contributed by atoms with E-state index < -0.39 is 0 Å². The summed E-state index contributed by atoms with van der Waals surface area (Å²) in [4.78, 5) is 7.22. The molecule has 0 saturated carbocycles. The molecule has 0 saturated heterocycles. The maximum Gasteiger partial charge on any atom is 0.217 e. The van der Waals surface area contributed by atoms with Gasteiger partial charge >= 0.3 is 0 Å². The van der Waals surface area contributed by atoms with E-state index in [9.17, 15) is 0 Å². The van der Waals surface area contributed by atoms with Crippen molar-refractivity contribution in [3.8, 4) is 5.88 Å². The highest BCUT2D eigenvalue weighted by Crippen LogP contribution is 2.05. The van der Waals surface area contributed by atoms with Crippen molar-refractivity contribution in [1.82, 2.24) is 9.97 Å². The molecule has 1 rings (SSSR count). The van der Waals surface area contributed by atoms with Gasteiger partial charge in [-0.1, -0.05) is 6.92 Å². The van der Waals surface area contributed by atoms with Crippen molar-refractivity contribution in [3.63, 3.8) is 0 Å². The Morgan fingerprint density at radius 1 is 1.80 bits per heavy atom. The average Bonchev–Trinajstić information content (AvgIpc) is 2.37. The first kappa shape index (κ1) is 7.34. The summed E-state index contributed by atoms with van der Waals surface area (Å²) in [5, 5.41) is 0. The van der Waals surface area contributed by atoms with Gasteiger partial charge in [-0.05, 0) is 6.42 Å². The molecule has 56 valence electrons. The lowest BCUT2D eigenvalue weighted by Gasteiger charge is -1.90. The van der Waals surface area contributed by atoms with Crippen molar-refractivity contribution in [1.29, 1.82) is 0 Å². The van der Waals surface area contributed by atoms with Crippen LogP contribution < -0.4 is 4.43 Å². The number of H-pyrrole nitrogens is 1. The molecule has 0 fully saturated rings. The molecule has 1 aromatic rings. The molecular weight excluding hydrogens is 144 g/mol. The molecule has 0 atom stereocenters. The average molecular weight is 156 g/mol. The number of hydrogen-bond acceptors (Lipinski definition) is 2. The largest absolute Gasteiger partial charge is 0.539 e. The van der Waals surface area contributed by atoms with Crippen molar-refractivity contribution in [3.05, 3.63) is 12.0 Å².